The molecule has 0 atom stereocenters. The van der Waals surface area contributed by atoms with E-state index in [1.807, 2.05) is 24.3 Å². The van der Waals surface area contributed by atoms with Gasteiger partial charge in [0.2, 0.25) is 0 Å². The van der Waals surface area contributed by atoms with Crippen molar-refractivity contribution in [1.82, 2.24) is 9.80 Å². The number of carbonyl (C=O) groups is 2. The molecule has 2 aromatic carbocycles. The van der Waals surface area contributed by atoms with E-state index in [1.165, 1.54) is 4.90 Å². The maximum Gasteiger partial charge on any atom is 0.321 e. The van der Waals surface area contributed by atoms with Crippen molar-refractivity contribution in [3.8, 4) is 5.75 Å². The Hall–Kier alpha value is -2.54. The Morgan fingerprint density at radius 2 is 1.81 bits per heavy atom. The fourth-order valence-electron chi connectivity index (χ4n) is 2.11. The van der Waals surface area contributed by atoms with Crippen LogP contribution in [0.5, 0.6) is 5.75 Å². The number of hydrogen-bond acceptors (Lipinski definition) is 3. The second-order valence-corrected chi connectivity index (χ2v) is 6.84. The van der Waals surface area contributed by atoms with Gasteiger partial charge in [-0.2, -0.15) is 0 Å². The molecule has 0 fully saturated rings. The van der Waals surface area contributed by atoms with Gasteiger partial charge < -0.3 is 19.9 Å². The van der Waals surface area contributed by atoms with Crippen molar-refractivity contribution in [2.24, 2.45) is 0 Å². The molecular weight excluding hydrogens is 398 g/mol. The lowest BCUT2D eigenvalue weighted by atomic mass is 10.2. The smallest absolute Gasteiger partial charge is 0.321 e. The van der Waals surface area contributed by atoms with Crippen LogP contribution in [0.4, 0.5) is 10.5 Å². The molecule has 0 bridgehead atoms. The SMILES string of the molecule is CN(C)C(=O)COc1cccc(NC(=O)N(C)Cc2ccccc2Br)c1. The van der Waals surface area contributed by atoms with Crippen LogP contribution in [-0.4, -0.2) is 49.5 Å². The van der Waals surface area contributed by atoms with Gasteiger partial charge in [0.1, 0.15) is 5.75 Å². The first-order valence-corrected chi connectivity index (χ1v) is 8.84. The summed E-state index contributed by atoms with van der Waals surface area (Å²) in [5.74, 6) is 0.388. The number of benzene rings is 2. The minimum Gasteiger partial charge on any atom is -0.484 e. The number of likely N-dealkylation sites (N-methyl/N-ethyl adjacent to an activating group) is 1. The van der Waals surface area contributed by atoms with Crippen molar-refractivity contribution in [1.29, 1.82) is 0 Å². The van der Waals surface area contributed by atoms with Crippen molar-refractivity contribution >= 4 is 33.6 Å². The lowest BCUT2D eigenvalue weighted by Crippen LogP contribution is -2.31. The van der Waals surface area contributed by atoms with Crippen LogP contribution in [0.3, 0.4) is 0 Å². The van der Waals surface area contributed by atoms with E-state index in [1.54, 1.807) is 50.3 Å². The van der Waals surface area contributed by atoms with E-state index in [0.717, 1.165) is 10.0 Å². The van der Waals surface area contributed by atoms with Crippen molar-refractivity contribution in [3.05, 3.63) is 58.6 Å². The number of nitrogens with one attached hydrogen (secondary N) is 1. The number of ether oxygens (including phenoxy) is 1. The predicted octanol–water partition coefficient (Wildman–Crippen LogP) is 3.58. The summed E-state index contributed by atoms with van der Waals surface area (Å²) in [4.78, 5) is 27.0. The third-order valence-electron chi connectivity index (χ3n) is 3.66. The molecule has 2 aromatic rings. The van der Waals surface area contributed by atoms with Gasteiger partial charge in [0.15, 0.2) is 6.61 Å². The zero-order chi connectivity index (χ0) is 19.1. The van der Waals surface area contributed by atoms with Crippen LogP contribution >= 0.6 is 15.9 Å². The molecule has 0 spiro atoms. The number of halogens is 1. The molecule has 0 aliphatic heterocycles. The summed E-state index contributed by atoms with van der Waals surface area (Å²) >= 11 is 3.48. The molecule has 3 amide bonds. The number of rotatable bonds is 6. The van der Waals surface area contributed by atoms with Crippen LogP contribution in [0.2, 0.25) is 0 Å². The average molecular weight is 420 g/mol. The average Bonchev–Trinajstić information content (AvgIpc) is 2.61. The lowest BCUT2D eigenvalue weighted by Gasteiger charge is -2.19. The summed E-state index contributed by atoms with van der Waals surface area (Å²) in [6.45, 7) is 0.424. The first-order valence-electron chi connectivity index (χ1n) is 8.05. The zero-order valence-electron chi connectivity index (χ0n) is 15.0. The summed E-state index contributed by atoms with van der Waals surface area (Å²) in [6, 6.07) is 14.5. The van der Waals surface area contributed by atoms with Crippen LogP contribution < -0.4 is 10.1 Å². The lowest BCUT2D eigenvalue weighted by molar-refractivity contribution is -0.130. The maximum absolute atomic E-state index is 12.4. The van der Waals surface area contributed by atoms with Crippen molar-refractivity contribution in [2.45, 2.75) is 6.54 Å². The molecule has 0 aliphatic rings. The fourth-order valence-corrected chi connectivity index (χ4v) is 2.52. The molecular formula is C19H22BrN3O3. The molecule has 2 rings (SSSR count). The fraction of sp³-hybridized carbons (Fsp3) is 0.263. The number of hydrogen-bond donors (Lipinski definition) is 1. The number of nitrogens with zero attached hydrogens (tertiary/aromatic N) is 2. The summed E-state index contributed by atoms with van der Waals surface area (Å²) in [7, 11) is 5.07. The standard InChI is InChI=1S/C19H22BrN3O3/c1-22(2)18(24)13-26-16-9-6-8-15(11-16)21-19(25)23(3)12-14-7-4-5-10-17(14)20/h4-11H,12-13H2,1-3H3,(H,21,25). The number of amides is 3. The number of urea groups is 1. The number of anilines is 1. The number of carbonyl (C=O) groups excluding carboxylic acids is 2. The third-order valence-corrected chi connectivity index (χ3v) is 4.43. The highest BCUT2D eigenvalue weighted by Crippen LogP contribution is 2.20. The maximum atomic E-state index is 12.4. The van der Waals surface area contributed by atoms with E-state index < -0.39 is 0 Å². The van der Waals surface area contributed by atoms with Crippen LogP contribution in [0.15, 0.2) is 53.0 Å². The Morgan fingerprint density at radius 3 is 2.50 bits per heavy atom. The quantitative estimate of drug-likeness (QED) is 0.777. The molecule has 0 unspecified atom stereocenters. The highest BCUT2D eigenvalue weighted by atomic mass is 79.9. The molecule has 1 N–H and O–H groups in total. The molecule has 0 saturated carbocycles. The molecule has 0 heterocycles. The van der Waals surface area contributed by atoms with E-state index in [-0.39, 0.29) is 18.5 Å². The topological polar surface area (TPSA) is 61.9 Å². The van der Waals surface area contributed by atoms with Crippen LogP contribution in [0.25, 0.3) is 0 Å². The molecule has 0 radical (unpaired) electrons. The van der Waals surface area contributed by atoms with Crippen molar-refractivity contribution < 1.29 is 14.3 Å². The molecule has 7 heteroatoms. The van der Waals surface area contributed by atoms with E-state index >= 15 is 0 Å². The highest BCUT2D eigenvalue weighted by molar-refractivity contribution is 9.10. The Kier molecular flexibility index (Phi) is 7.03. The summed E-state index contributed by atoms with van der Waals surface area (Å²) < 4.78 is 6.42. The Morgan fingerprint density at radius 1 is 1.08 bits per heavy atom. The van der Waals surface area contributed by atoms with Gasteiger partial charge in [0.25, 0.3) is 5.91 Å². The van der Waals surface area contributed by atoms with Crippen LogP contribution in [-0.2, 0) is 11.3 Å². The van der Waals surface area contributed by atoms with Gasteiger partial charge in [-0.05, 0) is 23.8 Å². The van der Waals surface area contributed by atoms with E-state index in [0.29, 0.717) is 18.0 Å². The minimum absolute atomic E-state index is 0.0493. The van der Waals surface area contributed by atoms with Gasteiger partial charge in [0.05, 0.1) is 0 Å². The van der Waals surface area contributed by atoms with E-state index in [9.17, 15) is 9.59 Å². The predicted molar refractivity (Wildman–Crippen MR) is 105 cm³/mol. The Labute approximate surface area is 161 Å². The second-order valence-electron chi connectivity index (χ2n) is 5.98. The van der Waals surface area contributed by atoms with Crippen molar-refractivity contribution in [2.75, 3.05) is 33.1 Å². The third kappa shape index (κ3) is 5.77. The van der Waals surface area contributed by atoms with Gasteiger partial charge in [-0.1, -0.05) is 40.2 Å². The molecule has 0 aliphatic carbocycles. The van der Waals surface area contributed by atoms with E-state index in [2.05, 4.69) is 21.2 Å². The minimum atomic E-state index is -0.234. The monoisotopic (exact) mass is 419 g/mol. The molecule has 138 valence electrons. The molecule has 26 heavy (non-hydrogen) atoms. The first kappa shape index (κ1) is 19.8. The van der Waals surface area contributed by atoms with Crippen molar-refractivity contribution in [3.63, 3.8) is 0 Å². The summed E-state index contributed by atoms with van der Waals surface area (Å²) in [6.07, 6.45) is 0. The van der Waals surface area contributed by atoms with Gasteiger partial charge in [-0.15, -0.1) is 0 Å². The van der Waals surface area contributed by atoms with Gasteiger partial charge in [0, 0.05) is 43.9 Å². The molecule has 6 nitrogen and oxygen atoms in total. The zero-order valence-corrected chi connectivity index (χ0v) is 16.6. The summed E-state index contributed by atoms with van der Waals surface area (Å²) in [5.41, 5.74) is 1.62. The van der Waals surface area contributed by atoms with Crippen LogP contribution in [0, 0.1) is 0 Å². The Bertz CT molecular complexity index is 780. The van der Waals surface area contributed by atoms with Crippen LogP contribution in [0.1, 0.15) is 5.56 Å². The van der Waals surface area contributed by atoms with Gasteiger partial charge in [-0.3, -0.25) is 4.79 Å². The molecule has 0 aromatic heterocycles. The van der Waals surface area contributed by atoms with Gasteiger partial charge >= 0.3 is 6.03 Å². The van der Waals surface area contributed by atoms with Gasteiger partial charge in [-0.25, -0.2) is 4.79 Å². The largest absolute Gasteiger partial charge is 0.484 e. The summed E-state index contributed by atoms with van der Waals surface area (Å²) in [5, 5.41) is 2.83. The normalized spacial score (nSPS) is 10.2. The second kappa shape index (κ2) is 9.24. The first-order chi connectivity index (χ1) is 12.4. The van der Waals surface area contributed by atoms with E-state index in [4.69, 9.17) is 4.74 Å². The highest BCUT2D eigenvalue weighted by Gasteiger charge is 2.12. The Balaban J connectivity index is 1.95. The molecule has 0 saturated heterocycles.